The monoisotopic (exact) mass is 414 g/mol. The number of carbonyl (C=O) groups is 1. The summed E-state index contributed by atoms with van der Waals surface area (Å²) in [5, 5.41) is 3.19. The molecule has 0 atom stereocenters. The molecule has 0 aliphatic carbocycles. The van der Waals surface area contributed by atoms with Crippen molar-refractivity contribution in [3.05, 3.63) is 67.4 Å². The number of nitrogens with one attached hydrogen (secondary N) is 1. The van der Waals surface area contributed by atoms with Gasteiger partial charge < -0.3 is 19.7 Å². The van der Waals surface area contributed by atoms with Crippen LogP contribution in [0.1, 0.15) is 0 Å². The van der Waals surface area contributed by atoms with Crippen LogP contribution in [-0.2, 0) is 11.3 Å². The number of benzene rings is 1. The van der Waals surface area contributed by atoms with Crippen LogP contribution in [0.3, 0.4) is 0 Å². The maximum atomic E-state index is 12.8. The third kappa shape index (κ3) is 4.16. The number of amides is 1. The highest BCUT2D eigenvalue weighted by Crippen LogP contribution is 2.19. The van der Waals surface area contributed by atoms with E-state index in [0.29, 0.717) is 25.5 Å². The van der Waals surface area contributed by atoms with E-state index < -0.39 is 0 Å². The standard InChI is InChI=1S/C22H22N8O/c31-22(14-30-16-26-17-5-1-2-6-18(17)30)29-11-9-28(10-12-29)21-13-20(24-15-25-21)27-19-7-3-4-8-23-19/h1-8,13,15-16H,9-12,14H2,(H,23,24,25,27). The lowest BCUT2D eigenvalue weighted by molar-refractivity contribution is -0.132. The lowest BCUT2D eigenvalue weighted by atomic mass is 10.3. The highest BCUT2D eigenvalue weighted by Gasteiger charge is 2.22. The molecule has 1 saturated heterocycles. The summed E-state index contributed by atoms with van der Waals surface area (Å²) in [6, 6.07) is 15.4. The minimum Gasteiger partial charge on any atom is -0.353 e. The Balaban J connectivity index is 1.20. The topological polar surface area (TPSA) is 92.1 Å². The molecule has 31 heavy (non-hydrogen) atoms. The molecule has 1 aliphatic heterocycles. The van der Waals surface area contributed by atoms with Gasteiger partial charge in [-0.2, -0.15) is 0 Å². The smallest absolute Gasteiger partial charge is 0.242 e. The zero-order chi connectivity index (χ0) is 21.0. The Morgan fingerprint density at radius 3 is 2.58 bits per heavy atom. The van der Waals surface area contributed by atoms with E-state index in [1.165, 1.54) is 0 Å². The van der Waals surface area contributed by atoms with Gasteiger partial charge in [0.1, 0.15) is 30.3 Å². The normalized spacial score (nSPS) is 14.1. The van der Waals surface area contributed by atoms with Gasteiger partial charge in [-0.3, -0.25) is 4.79 Å². The van der Waals surface area contributed by atoms with Crippen LogP contribution in [0.15, 0.2) is 67.4 Å². The van der Waals surface area contributed by atoms with E-state index in [2.05, 4.69) is 30.2 Å². The van der Waals surface area contributed by atoms with E-state index >= 15 is 0 Å². The molecule has 1 aromatic carbocycles. The summed E-state index contributed by atoms with van der Waals surface area (Å²) in [5.41, 5.74) is 1.88. The van der Waals surface area contributed by atoms with Crippen LogP contribution < -0.4 is 10.2 Å². The van der Waals surface area contributed by atoms with E-state index in [4.69, 9.17) is 0 Å². The van der Waals surface area contributed by atoms with Crippen LogP contribution in [0.25, 0.3) is 11.0 Å². The van der Waals surface area contributed by atoms with Crippen molar-refractivity contribution in [1.82, 2.24) is 29.4 Å². The van der Waals surface area contributed by atoms with Crippen LogP contribution in [0.2, 0.25) is 0 Å². The fourth-order valence-electron chi connectivity index (χ4n) is 3.72. The van der Waals surface area contributed by atoms with Gasteiger partial charge in [-0.25, -0.2) is 19.9 Å². The van der Waals surface area contributed by atoms with E-state index in [-0.39, 0.29) is 5.91 Å². The van der Waals surface area contributed by atoms with E-state index in [1.807, 2.05) is 58.0 Å². The molecule has 5 rings (SSSR count). The fraction of sp³-hybridized carbons (Fsp3) is 0.227. The van der Waals surface area contributed by atoms with Crippen molar-refractivity contribution in [2.24, 2.45) is 0 Å². The average Bonchev–Trinajstić information content (AvgIpc) is 3.23. The summed E-state index contributed by atoms with van der Waals surface area (Å²) >= 11 is 0. The molecule has 1 fully saturated rings. The Morgan fingerprint density at radius 1 is 0.903 bits per heavy atom. The second-order valence-corrected chi connectivity index (χ2v) is 7.33. The molecule has 4 heterocycles. The van der Waals surface area contributed by atoms with Crippen molar-refractivity contribution in [3.8, 4) is 0 Å². The summed E-state index contributed by atoms with van der Waals surface area (Å²) in [6.45, 7) is 3.04. The van der Waals surface area contributed by atoms with Gasteiger partial charge in [0.05, 0.1) is 17.4 Å². The Morgan fingerprint density at radius 2 is 1.74 bits per heavy atom. The molecular formula is C22H22N8O. The summed E-state index contributed by atoms with van der Waals surface area (Å²) in [5.74, 6) is 2.35. The predicted octanol–water partition coefficient (Wildman–Crippen LogP) is 2.31. The molecule has 0 spiro atoms. The lowest BCUT2D eigenvalue weighted by Gasteiger charge is -2.35. The molecule has 1 amide bonds. The number of aromatic nitrogens is 5. The Kier molecular flexibility index (Phi) is 5.14. The molecule has 1 N–H and O–H groups in total. The Hall–Kier alpha value is -4.01. The first-order valence-electron chi connectivity index (χ1n) is 10.2. The quantitative estimate of drug-likeness (QED) is 0.536. The van der Waals surface area contributed by atoms with Crippen LogP contribution >= 0.6 is 0 Å². The van der Waals surface area contributed by atoms with E-state index in [1.54, 1.807) is 18.9 Å². The van der Waals surface area contributed by atoms with Gasteiger partial charge in [-0.15, -0.1) is 0 Å². The maximum Gasteiger partial charge on any atom is 0.242 e. The molecule has 0 bridgehead atoms. The zero-order valence-corrected chi connectivity index (χ0v) is 16.9. The number of anilines is 3. The van der Waals surface area contributed by atoms with Gasteiger partial charge in [0.2, 0.25) is 5.91 Å². The fourth-order valence-corrected chi connectivity index (χ4v) is 3.72. The van der Waals surface area contributed by atoms with Crippen molar-refractivity contribution < 1.29 is 4.79 Å². The molecule has 156 valence electrons. The number of pyridine rings is 1. The molecule has 0 radical (unpaired) electrons. The number of hydrogen-bond acceptors (Lipinski definition) is 7. The first kappa shape index (κ1) is 19.0. The van der Waals surface area contributed by atoms with Crippen molar-refractivity contribution >= 4 is 34.4 Å². The zero-order valence-electron chi connectivity index (χ0n) is 16.9. The molecule has 3 aromatic heterocycles. The first-order valence-corrected chi connectivity index (χ1v) is 10.2. The van der Waals surface area contributed by atoms with Gasteiger partial charge in [0.25, 0.3) is 0 Å². The Labute approximate surface area is 179 Å². The number of carbonyl (C=O) groups excluding carboxylic acids is 1. The number of imidazole rings is 1. The number of hydrogen-bond donors (Lipinski definition) is 1. The summed E-state index contributed by atoms with van der Waals surface area (Å²) in [4.78, 5) is 34.2. The molecule has 1 aliphatic rings. The maximum absolute atomic E-state index is 12.8. The summed E-state index contributed by atoms with van der Waals surface area (Å²) < 4.78 is 1.91. The van der Waals surface area contributed by atoms with E-state index in [0.717, 1.165) is 35.8 Å². The van der Waals surface area contributed by atoms with Crippen LogP contribution in [0.4, 0.5) is 17.5 Å². The van der Waals surface area contributed by atoms with E-state index in [9.17, 15) is 4.79 Å². The molecule has 9 heteroatoms. The second kappa shape index (κ2) is 8.39. The van der Waals surface area contributed by atoms with Gasteiger partial charge >= 0.3 is 0 Å². The Bertz CT molecular complexity index is 1180. The largest absolute Gasteiger partial charge is 0.353 e. The molecule has 0 saturated carbocycles. The third-order valence-corrected chi connectivity index (χ3v) is 5.36. The molecular weight excluding hydrogens is 392 g/mol. The number of piperazine rings is 1. The molecule has 4 aromatic rings. The van der Waals surface area contributed by atoms with Crippen LogP contribution in [0, 0.1) is 0 Å². The van der Waals surface area contributed by atoms with Crippen molar-refractivity contribution in [1.29, 1.82) is 0 Å². The first-order chi connectivity index (χ1) is 15.3. The minimum absolute atomic E-state index is 0.1000. The van der Waals surface area contributed by atoms with Crippen LogP contribution in [0.5, 0.6) is 0 Å². The van der Waals surface area contributed by atoms with Gasteiger partial charge in [0.15, 0.2) is 0 Å². The third-order valence-electron chi connectivity index (χ3n) is 5.36. The number of rotatable bonds is 5. The second-order valence-electron chi connectivity index (χ2n) is 7.33. The number of fused-ring (bicyclic) bond motifs is 1. The molecule has 9 nitrogen and oxygen atoms in total. The highest BCUT2D eigenvalue weighted by molar-refractivity contribution is 5.80. The predicted molar refractivity (Wildman–Crippen MR) is 118 cm³/mol. The number of para-hydroxylation sites is 2. The lowest BCUT2D eigenvalue weighted by Crippen LogP contribution is -2.49. The summed E-state index contributed by atoms with van der Waals surface area (Å²) in [7, 11) is 0. The molecule has 0 unspecified atom stereocenters. The van der Waals surface area contributed by atoms with Gasteiger partial charge in [-0.1, -0.05) is 18.2 Å². The minimum atomic E-state index is 0.1000. The van der Waals surface area contributed by atoms with Crippen molar-refractivity contribution in [2.75, 3.05) is 36.4 Å². The van der Waals surface area contributed by atoms with Gasteiger partial charge in [-0.05, 0) is 24.3 Å². The number of nitrogens with zero attached hydrogens (tertiary/aromatic N) is 7. The highest BCUT2D eigenvalue weighted by atomic mass is 16.2. The van der Waals surface area contributed by atoms with Crippen molar-refractivity contribution in [3.63, 3.8) is 0 Å². The SMILES string of the molecule is O=C(Cn1cnc2ccccc21)N1CCN(c2cc(Nc3ccccn3)ncn2)CC1. The van der Waals surface area contributed by atoms with Gasteiger partial charge in [0, 0.05) is 38.4 Å². The summed E-state index contributed by atoms with van der Waals surface area (Å²) in [6.07, 6.45) is 5.01. The average molecular weight is 414 g/mol. The van der Waals surface area contributed by atoms with Crippen molar-refractivity contribution in [2.45, 2.75) is 6.54 Å². The van der Waals surface area contributed by atoms with Crippen LogP contribution in [-0.4, -0.2) is 61.5 Å².